The molecule has 2 aromatic rings. The van der Waals surface area contributed by atoms with Gasteiger partial charge in [0.1, 0.15) is 17.4 Å². The summed E-state index contributed by atoms with van der Waals surface area (Å²) in [6.45, 7) is 1.71. The van der Waals surface area contributed by atoms with Gasteiger partial charge in [-0.2, -0.15) is 0 Å². The molecular weight excluding hydrogens is 250 g/mol. The zero-order valence-corrected chi connectivity index (χ0v) is 10.5. The average Bonchev–Trinajstić information content (AvgIpc) is 2.38. The number of hydrogen-bond donors (Lipinski definition) is 0. The predicted octanol–water partition coefficient (Wildman–Crippen LogP) is 3.51. The molecule has 0 bridgehead atoms. The molecule has 0 aliphatic heterocycles. The van der Waals surface area contributed by atoms with Crippen molar-refractivity contribution < 1.29 is 18.3 Å². The smallest absolute Gasteiger partial charge is 0.199 e. The van der Waals surface area contributed by atoms with E-state index in [0.29, 0.717) is 5.56 Å². The Bertz CT molecular complexity index is 613. The van der Waals surface area contributed by atoms with Crippen molar-refractivity contribution in [3.63, 3.8) is 0 Å². The molecule has 2 nitrogen and oxygen atoms in total. The van der Waals surface area contributed by atoms with Crippen molar-refractivity contribution >= 4 is 5.78 Å². The van der Waals surface area contributed by atoms with Crippen molar-refractivity contribution in [1.29, 1.82) is 0 Å². The molecule has 0 spiro atoms. The Labute approximate surface area is 109 Å². The summed E-state index contributed by atoms with van der Waals surface area (Å²) < 4.78 is 32.4. The summed E-state index contributed by atoms with van der Waals surface area (Å²) >= 11 is 0. The molecule has 2 rings (SSSR count). The number of halogens is 2. The van der Waals surface area contributed by atoms with Crippen LogP contribution in [0.4, 0.5) is 8.78 Å². The molecule has 0 aliphatic rings. The molecule has 0 heterocycles. The highest BCUT2D eigenvalue weighted by atomic mass is 19.1. The SMILES string of the molecule is COc1cc(F)c(C(=O)c2ccccc2C)c(F)c1. The van der Waals surface area contributed by atoms with E-state index < -0.39 is 23.0 Å². The second-order valence-electron chi connectivity index (χ2n) is 4.11. The molecule has 0 aromatic heterocycles. The minimum absolute atomic E-state index is 0.0383. The first-order chi connectivity index (χ1) is 9.04. The minimum atomic E-state index is -0.926. The average molecular weight is 262 g/mol. The molecule has 0 radical (unpaired) electrons. The molecule has 0 amide bonds. The topological polar surface area (TPSA) is 26.3 Å². The van der Waals surface area contributed by atoms with Crippen LogP contribution in [0.2, 0.25) is 0 Å². The van der Waals surface area contributed by atoms with Crippen LogP contribution in [-0.4, -0.2) is 12.9 Å². The molecular formula is C15H12F2O2. The van der Waals surface area contributed by atoms with E-state index in [1.54, 1.807) is 31.2 Å². The molecule has 19 heavy (non-hydrogen) atoms. The largest absolute Gasteiger partial charge is 0.497 e. The van der Waals surface area contributed by atoms with Crippen LogP contribution < -0.4 is 4.74 Å². The Hall–Kier alpha value is -2.23. The zero-order valence-electron chi connectivity index (χ0n) is 10.5. The van der Waals surface area contributed by atoms with E-state index in [4.69, 9.17) is 4.74 Å². The number of rotatable bonds is 3. The quantitative estimate of drug-likeness (QED) is 0.791. The van der Waals surface area contributed by atoms with Gasteiger partial charge in [0.15, 0.2) is 5.78 Å². The van der Waals surface area contributed by atoms with Crippen LogP contribution >= 0.6 is 0 Å². The lowest BCUT2D eigenvalue weighted by atomic mass is 9.98. The zero-order chi connectivity index (χ0) is 14.0. The number of ether oxygens (including phenoxy) is 1. The maximum Gasteiger partial charge on any atom is 0.199 e. The molecule has 0 atom stereocenters. The first kappa shape index (κ1) is 13.2. The van der Waals surface area contributed by atoms with Crippen LogP contribution in [-0.2, 0) is 0 Å². The van der Waals surface area contributed by atoms with Gasteiger partial charge >= 0.3 is 0 Å². The monoisotopic (exact) mass is 262 g/mol. The minimum Gasteiger partial charge on any atom is -0.497 e. The van der Waals surface area contributed by atoms with Crippen molar-refractivity contribution in [2.45, 2.75) is 6.92 Å². The highest BCUT2D eigenvalue weighted by Gasteiger charge is 2.21. The van der Waals surface area contributed by atoms with Crippen LogP contribution in [0.25, 0.3) is 0 Å². The van der Waals surface area contributed by atoms with Gasteiger partial charge in [0.05, 0.1) is 12.7 Å². The molecule has 2 aromatic carbocycles. The summed E-state index contributed by atoms with van der Waals surface area (Å²) in [7, 11) is 1.30. The van der Waals surface area contributed by atoms with E-state index >= 15 is 0 Å². The Kier molecular flexibility index (Phi) is 3.60. The van der Waals surface area contributed by atoms with E-state index in [1.807, 2.05) is 0 Å². The number of hydrogen-bond acceptors (Lipinski definition) is 2. The number of carbonyl (C=O) groups excluding carboxylic acids is 1. The van der Waals surface area contributed by atoms with Crippen LogP contribution in [0.3, 0.4) is 0 Å². The molecule has 0 unspecified atom stereocenters. The molecule has 0 aliphatic carbocycles. The lowest BCUT2D eigenvalue weighted by molar-refractivity contribution is 0.103. The van der Waals surface area contributed by atoms with E-state index in [-0.39, 0.29) is 11.3 Å². The Morgan fingerprint density at radius 1 is 1.11 bits per heavy atom. The van der Waals surface area contributed by atoms with Gasteiger partial charge in [0.2, 0.25) is 0 Å². The predicted molar refractivity (Wildman–Crippen MR) is 67.5 cm³/mol. The van der Waals surface area contributed by atoms with Crippen molar-refractivity contribution in [3.8, 4) is 5.75 Å². The first-order valence-electron chi connectivity index (χ1n) is 5.68. The van der Waals surface area contributed by atoms with Gasteiger partial charge in [-0.3, -0.25) is 4.79 Å². The van der Waals surface area contributed by atoms with Crippen LogP contribution in [0.1, 0.15) is 21.5 Å². The van der Waals surface area contributed by atoms with E-state index in [0.717, 1.165) is 12.1 Å². The Morgan fingerprint density at radius 2 is 1.68 bits per heavy atom. The van der Waals surface area contributed by atoms with Crippen LogP contribution in [0.5, 0.6) is 5.75 Å². The number of aryl methyl sites for hydroxylation is 1. The van der Waals surface area contributed by atoms with Crippen molar-refractivity contribution in [2.24, 2.45) is 0 Å². The van der Waals surface area contributed by atoms with E-state index in [1.165, 1.54) is 7.11 Å². The highest BCUT2D eigenvalue weighted by Crippen LogP contribution is 2.24. The van der Waals surface area contributed by atoms with Gasteiger partial charge in [0.25, 0.3) is 0 Å². The fraction of sp³-hybridized carbons (Fsp3) is 0.133. The summed E-state index contributed by atoms with van der Waals surface area (Å²) in [4.78, 5) is 12.2. The van der Waals surface area contributed by atoms with Crippen LogP contribution in [0, 0.1) is 18.6 Å². The third-order valence-electron chi connectivity index (χ3n) is 2.87. The number of carbonyl (C=O) groups is 1. The fourth-order valence-corrected chi connectivity index (χ4v) is 1.85. The van der Waals surface area contributed by atoms with Gasteiger partial charge in [-0.25, -0.2) is 8.78 Å². The normalized spacial score (nSPS) is 10.3. The van der Waals surface area contributed by atoms with Gasteiger partial charge in [-0.05, 0) is 12.5 Å². The Balaban J connectivity index is 2.54. The summed E-state index contributed by atoms with van der Waals surface area (Å²) in [6, 6.07) is 8.66. The Morgan fingerprint density at radius 3 is 2.21 bits per heavy atom. The second kappa shape index (κ2) is 5.18. The van der Waals surface area contributed by atoms with Crippen molar-refractivity contribution in [3.05, 3.63) is 64.7 Å². The van der Waals surface area contributed by atoms with Crippen LogP contribution in [0.15, 0.2) is 36.4 Å². The van der Waals surface area contributed by atoms with Gasteiger partial charge in [-0.15, -0.1) is 0 Å². The molecule has 98 valence electrons. The molecule has 4 heteroatoms. The standard InChI is InChI=1S/C15H12F2O2/c1-9-5-3-4-6-11(9)15(18)14-12(16)7-10(19-2)8-13(14)17/h3-8H,1-2H3. The third-order valence-corrected chi connectivity index (χ3v) is 2.87. The second-order valence-corrected chi connectivity index (χ2v) is 4.11. The summed E-state index contributed by atoms with van der Waals surface area (Å²) in [5, 5.41) is 0. The fourth-order valence-electron chi connectivity index (χ4n) is 1.85. The lowest BCUT2D eigenvalue weighted by Crippen LogP contribution is -2.09. The third kappa shape index (κ3) is 2.47. The van der Waals surface area contributed by atoms with E-state index in [2.05, 4.69) is 0 Å². The summed E-state index contributed by atoms with van der Waals surface area (Å²) in [5.74, 6) is -2.48. The van der Waals surface area contributed by atoms with Gasteiger partial charge < -0.3 is 4.74 Å². The molecule has 0 N–H and O–H groups in total. The van der Waals surface area contributed by atoms with Gasteiger partial charge in [0, 0.05) is 17.7 Å². The maximum atomic E-state index is 13.8. The van der Waals surface area contributed by atoms with Gasteiger partial charge in [-0.1, -0.05) is 24.3 Å². The summed E-state index contributed by atoms with van der Waals surface area (Å²) in [5.41, 5.74) is 0.391. The number of ketones is 1. The first-order valence-corrected chi connectivity index (χ1v) is 5.68. The number of methoxy groups -OCH3 is 1. The maximum absolute atomic E-state index is 13.8. The molecule has 0 saturated carbocycles. The van der Waals surface area contributed by atoms with Crippen molar-refractivity contribution in [2.75, 3.05) is 7.11 Å². The van der Waals surface area contributed by atoms with E-state index in [9.17, 15) is 13.6 Å². The highest BCUT2D eigenvalue weighted by molar-refractivity contribution is 6.10. The summed E-state index contributed by atoms with van der Waals surface area (Å²) in [6.07, 6.45) is 0. The number of benzene rings is 2. The molecule has 0 saturated heterocycles. The molecule has 0 fully saturated rings. The lowest BCUT2D eigenvalue weighted by Gasteiger charge is -2.08. The van der Waals surface area contributed by atoms with Crippen molar-refractivity contribution in [1.82, 2.24) is 0 Å².